The van der Waals surface area contributed by atoms with E-state index in [0.717, 1.165) is 0 Å². The predicted molar refractivity (Wildman–Crippen MR) is 113 cm³/mol. The van der Waals surface area contributed by atoms with Crippen LogP contribution in [0.2, 0.25) is 0 Å². The van der Waals surface area contributed by atoms with Crippen LogP contribution >= 0.6 is 0 Å². The maximum absolute atomic E-state index is 12.6. The fourth-order valence-electron chi connectivity index (χ4n) is 3.17. The lowest BCUT2D eigenvalue weighted by Crippen LogP contribution is -2.24. The van der Waals surface area contributed by atoms with Gasteiger partial charge in [0.1, 0.15) is 11.5 Å². The number of amides is 1. The standard InChI is InChI=1S/C22H20N2O4S/c25-22(17-6-4-9-21(16-17)28-20-7-2-1-3-8-20)23-18-10-12-19(13-11-18)24-14-5-15-29(24,26)27/h1-4,6-13,16H,5,14-15H2,(H,23,25). The summed E-state index contributed by atoms with van der Waals surface area (Å²) in [6.45, 7) is 0.488. The summed E-state index contributed by atoms with van der Waals surface area (Å²) in [5, 5.41) is 2.83. The van der Waals surface area contributed by atoms with Crippen molar-refractivity contribution in [2.75, 3.05) is 21.9 Å². The number of hydrogen-bond acceptors (Lipinski definition) is 4. The minimum absolute atomic E-state index is 0.173. The fraction of sp³-hybridized carbons (Fsp3) is 0.136. The van der Waals surface area contributed by atoms with Crippen molar-refractivity contribution < 1.29 is 17.9 Å². The Morgan fingerprint density at radius 3 is 2.31 bits per heavy atom. The van der Waals surface area contributed by atoms with Crippen LogP contribution in [0.1, 0.15) is 16.8 Å². The number of hydrogen-bond donors (Lipinski definition) is 1. The molecule has 148 valence electrons. The third-order valence-electron chi connectivity index (χ3n) is 4.59. The van der Waals surface area contributed by atoms with E-state index < -0.39 is 10.0 Å². The first kappa shape index (κ1) is 19.0. The highest BCUT2D eigenvalue weighted by molar-refractivity contribution is 7.93. The van der Waals surface area contributed by atoms with E-state index in [4.69, 9.17) is 4.74 Å². The topological polar surface area (TPSA) is 75.7 Å². The van der Waals surface area contributed by atoms with Gasteiger partial charge in [0, 0.05) is 17.8 Å². The van der Waals surface area contributed by atoms with Crippen molar-refractivity contribution in [1.29, 1.82) is 0 Å². The van der Waals surface area contributed by atoms with Gasteiger partial charge in [-0.05, 0) is 61.0 Å². The number of carbonyl (C=O) groups excluding carboxylic acids is 1. The molecule has 1 aliphatic heterocycles. The van der Waals surface area contributed by atoms with Gasteiger partial charge in [0.25, 0.3) is 5.91 Å². The van der Waals surface area contributed by atoms with Gasteiger partial charge in [-0.1, -0.05) is 24.3 Å². The van der Waals surface area contributed by atoms with Crippen molar-refractivity contribution in [3.05, 3.63) is 84.4 Å². The molecule has 1 amide bonds. The Morgan fingerprint density at radius 2 is 1.62 bits per heavy atom. The van der Waals surface area contributed by atoms with E-state index in [2.05, 4.69) is 5.32 Å². The molecule has 0 atom stereocenters. The van der Waals surface area contributed by atoms with Gasteiger partial charge in [-0.3, -0.25) is 9.10 Å². The van der Waals surface area contributed by atoms with Gasteiger partial charge in [-0.2, -0.15) is 0 Å². The van der Waals surface area contributed by atoms with E-state index in [1.807, 2.05) is 30.3 Å². The van der Waals surface area contributed by atoms with Crippen LogP contribution in [0.15, 0.2) is 78.9 Å². The van der Waals surface area contributed by atoms with Gasteiger partial charge in [-0.15, -0.1) is 0 Å². The SMILES string of the molecule is O=C(Nc1ccc(N2CCCS2(=O)=O)cc1)c1cccc(Oc2ccccc2)c1. The molecule has 3 aromatic carbocycles. The molecule has 0 bridgehead atoms. The zero-order chi connectivity index (χ0) is 20.3. The molecule has 7 heteroatoms. The third kappa shape index (κ3) is 4.41. The van der Waals surface area contributed by atoms with Crippen LogP contribution in [0.4, 0.5) is 11.4 Å². The molecule has 6 nitrogen and oxygen atoms in total. The minimum Gasteiger partial charge on any atom is -0.457 e. The van der Waals surface area contributed by atoms with Gasteiger partial charge < -0.3 is 10.1 Å². The number of nitrogens with one attached hydrogen (secondary N) is 1. The molecule has 0 saturated carbocycles. The normalized spacial score (nSPS) is 15.1. The molecule has 29 heavy (non-hydrogen) atoms. The fourth-order valence-corrected chi connectivity index (χ4v) is 4.73. The smallest absolute Gasteiger partial charge is 0.255 e. The number of anilines is 2. The minimum atomic E-state index is -3.22. The zero-order valence-corrected chi connectivity index (χ0v) is 16.4. The number of ether oxygens (including phenoxy) is 1. The summed E-state index contributed by atoms with van der Waals surface area (Å²) in [4.78, 5) is 12.6. The maximum Gasteiger partial charge on any atom is 0.255 e. The van der Waals surface area contributed by atoms with Gasteiger partial charge >= 0.3 is 0 Å². The van der Waals surface area contributed by atoms with Crippen molar-refractivity contribution in [2.24, 2.45) is 0 Å². The van der Waals surface area contributed by atoms with E-state index in [0.29, 0.717) is 41.4 Å². The Balaban J connectivity index is 1.45. The van der Waals surface area contributed by atoms with Crippen LogP contribution in [0.25, 0.3) is 0 Å². The van der Waals surface area contributed by atoms with Crippen LogP contribution in [0, 0.1) is 0 Å². The van der Waals surface area contributed by atoms with E-state index in [1.165, 1.54) is 4.31 Å². The Kier molecular flexibility index (Phi) is 5.22. The molecule has 1 aliphatic rings. The summed E-state index contributed by atoms with van der Waals surface area (Å²) < 4.78 is 31.2. The Morgan fingerprint density at radius 1 is 0.897 bits per heavy atom. The molecule has 3 aromatic rings. The second-order valence-corrected chi connectivity index (χ2v) is 8.70. The van der Waals surface area contributed by atoms with E-state index >= 15 is 0 Å². The molecule has 0 aliphatic carbocycles. The maximum atomic E-state index is 12.6. The molecule has 4 rings (SSSR count). The number of carbonyl (C=O) groups is 1. The molecule has 1 fully saturated rings. The predicted octanol–water partition coefficient (Wildman–Crippen LogP) is 4.27. The zero-order valence-electron chi connectivity index (χ0n) is 15.6. The Hall–Kier alpha value is -3.32. The molecule has 0 radical (unpaired) electrons. The number of sulfonamides is 1. The molecule has 1 saturated heterocycles. The second kappa shape index (κ2) is 7.97. The highest BCUT2D eigenvalue weighted by atomic mass is 32.2. The summed E-state index contributed by atoms with van der Waals surface area (Å²) in [6.07, 6.45) is 0.627. The van der Waals surface area contributed by atoms with Crippen molar-refractivity contribution in [2.45, 2.75) is 6.42 Å². The van der Waals surface area contributed by atoms with Crippen LogP contribution < -0.4 is 14.4 Å². The van der Waals surface area contributed by atoms with E-state index in [-0.39, 0.29) is 11.7 Å². The van der Waals surface area contributed by atoms with Crippen molar-refractivity contribution in [3.8, 4) is 11.5 Å². The first-order valence-corrected chi connectivity index (χ1v) is 10.9. The Labute approximate surface area is 169 Å². The molecule has 1 heterocycles. The quantitative estimate of drug-likeness (QED) is 0.684. The van der Waals surface area contributed by atoms with Crippen molar-refractivity contribution >= 4 is 27.3 Å². The lowest BCUT2D eigenvalue weighted by molar-refractivity contribution is 0.102. The Bertz CT molecular complexity index is 1110. The highest BCUT2D eigenvalue weighted by Crippen LogP contribution is 2.26. The average Bonchev–Trinajstić information content (AvgIpc) is 3.08. The van der Waals surface area contributed by atoms with Gasteiger partial charge in [0.05, 0.1) is 11.4 Å². The molecular weight excluding hydrogens is 388 g/mol. The van der Waals surface area contributed by atoms with Crippen LogP contribution in [-0.2, 0) is 10.0 Å². The first-order valence-electron chi connectivity index (χ1n) is 9.26. The third-order valence-corrected chi connectivity index (χ3v) is 6.46. The molecule has 0 aromatic heterocycles. The van der Waals surface area contributed by atoms with Crippen LogP contribution in [-0.4, -0.2) is 26.6 Å². The van der Waals surface area contributed by atoms with E-state index in [9.17, 15) is 13.2 Å². The van der Waals surface area contributed by atoms with E-state index in [1.54, 1.807) is 48.5 Å². The van der Waals surface area contributed by atoms with Gasteiger partial charge in [-0.25, -0.2) is 8.42 Å². The van der Waals surface area contributed by atoms with Crippen molar-refractivity contribution in [3.63, 3.8) is 0 Å². The summed E-state index contributed by atoms with van der Waals surface area (Å²) in [7, 11) is -3.22. The van der Waals surface area contributed by atoms with Crippen LogP contribution in [0.3, 0.4) is 0 Å². The van der Waals surface area contributed by atoms with Gasteiger partial charge in [0.15, 0.2) is 0 Å². The molecule has 0 unspecified atom stereocenters. The lowest BCUT2D eigenvalue weighted by atomic mass is 10.2. The highest BCUT2D eigenvalue weighted by Gasteiger charge is 2.28. The summed E-state index contributed by atoms with van der Waals surface area (Å²) >= 11 is 0. The number of nitrogens with zero attached hydrogens (tertiary/aromatic N) is 1. The van der Waals surface area contributed by atoms with Gasteiger partial charge in [0.2, 0.25) is 10.0 Å². The molecular formula is C22H20N2O4S. The van der Waals surface area contributed by atoms with Crippen molar-refractivity contribution in [1.82, 2.24) is 0 Å². The second-order valence-electron chi connectivity index (χ2n) is 6.69. The molecule has 1 N–H and O–H groups in total. The summed E-state index contributed by atoms with van der Waals surface area (Å²) in [5.41, 5.74) is 1.66. The number of benzene rings is 3. The summed E-state index contributed by atoms with van der Waals surface area (Å²) in [5.74, 6) is 1.16. The lowest BCUT2D eigenvalue weighted by Gasteiger charge is -2.17. The van der Waals surface area contributed by atoms with Crippen LogP contribution in [0.5, 0.6) is 11.5 Å². The number of para-hydroxylation sites is 1. The first-order chi connectivity index (χ1) is 14.0. The largest absolute Gasteiger partial charge is 0.457 e. The monoisotopic (exact) mass is 408 g/mol. The average molecular weight is 408 g/mol. The summed E-state index contributed by atoms with van der Waals surface area (Å²) in [6, 6.07) is 23.1. The molecule has 0 spiro atoms. The number of rotatable bonds is 5.